The summed E-state index contributed by atoms with van der Waals surface area (Å²) < 4.78 is 83.8. The Morgan fingerprint density at radius 1 is 0.837 bits per heavy atom. The fraction of sp³-hybridized carbons (Fsp3) is 0.375. The first-order chi connectivity index (χ1) is 20.5. The van der Waals surface area contributed by atoms with Crippen LogP contribution in [0.3, 0.4) is 0 Å². The number of fused-ring (bicyclic) bond motifs is 1. The third kappa shape index (κ3) is 8.37. The van der Waals surface area contributed by atoms with Crippen molar-refractivity contribution < 1.29 is 35.6 Å². The van der Waals surface area contributed by atoms with Gasteiger partial charge in [-0.1, -0.05) is 6.07 Å². The second-order valence-electron chi connectivity index (χ2n) is 10.8. The molecule has 4 aromatic rings. The number of halogens is 6. The predicted molar refractivity (Wildman–Crippen MR) is 150 cm³/mol. The van der Waals surface area contributed by atoms with Crippen molar-refractivity contribution in [3.8, 4) is 0 Å². The molecular weight excluding hydrogens is 574 g/mol. The molecule has 3 aromatic carbocycles. The second kappa shape index (κ2) is 14.5. The first-order valence-electron chi connectivity index (χ1n) is 14.1. The minimum atomic E-state index is -0.954. The van der Waals surface area contributed by atoms with E-state index in [9.17, 15) is 35.9 Å². The van der Waals surface area contributed by atoms with Crippen molar-refractivity contribution in [3.63, 3.8) is 0 Å². The second-order valence-corrected chi connectivity index (χ2v) is 10.8. The summed E-state index contributed by atoms with van der Waals surface area (Å²) in [6, 6.07) is 8.99. The maximum Gasteiger partial charge on any atom is 0.417 e. The van der Waals surface area contributed by atoms with E-state index in [0.29, 0.717) is 47.9 Å². The molecule has 0 radical (unpaired) electrons. The quantitative estimate of drug-likeness (QED) is 0.160. The maximum absolute atomic E-state index is 13.8. The summed E-state index contributed by atoms with van der Waals surface area (Å²) in [4.78, 5) is 26.2. The van der Waals surface area contributed by atoms with Crippen molar-refractivity contribution in [1.82, 2.24) is 9.88 Å². The van der Waals surface area contributed by atoms with Crippen molar-refractivity contribution in [2.75, 3.05) is 13.6 Å². The number of hydrogen-bond donors (Lipinski definition) is 1. The molecule has 1 saturated carbocycles. The number of oxazole rings is 1. The summed E-state index contributed by atoms with van der Waals surface area (Å²) in [6.07, 6.45) is 5.56. The van der Waals surface area contributed by atoms with Gasteiger partial charge in [0.05, 0.1) is 5.52 Å². The van der Waals surface area contributed by atoms with Gasteiger partial charge in [-0.05, 0) is 82.2 Å². The zero-order valence-electron chi connectivity index (χ0n) is 23.6. The molecule has 0 saturated heterocycles. The van der Waals surface area contributed by atoms with Gasteiger partial charge in [-0.3, -0.25) is 4.98 Å². The van der Waals surface area contributed by atoms with Crippen LogP contribution in [0, 0.1) is 34.9 Å². The molecule has 43 heavy (non-hydrogen) atoms. The topological polar surface area (TPSA) is 66.3 Å². The highest BCUT2D eigenvalue weighted by molar-refractivity contribution is 5.72. The largest absolute Gasteiger partial charge is 0.417 e. The Labute approximate surface area is 244 Å². The Hall–Kier alpha value is -3.86. The Balaban J connectivity index is 0.000000273. The molecule has 1 N–H and O–H groups in total. The molecule has 0 unspecified atom stereocenters. The van der Waals surface area contributed by atoms with Gasteiger partial charge in [-0.15, -0.1) is 0 Å². The Morgan fingerprint density at radius 2 is 1.40 bits per heavy atom. The van der Waals surface area contributed by atoms with Crippen molar-refractivity contribution >= 4 is 17.4 Å². The first kappa shape index (κ1) is 32.1. The van der Waals surface area contributed by atoms with Crippen LogP contribution in [0.15, 0.2) is 51.7 Å². The number of rotatable bonds is 9. The van der Waals surface area contributed by atoms with E-state index < -0.39 is 40.7 Å². The number of nitrogens with zero attached hydrogens (tertiary/aromatic N) is 1. The Morgan fingerprint density at radius 3 is 1.95 bits per heavy atom. The van der Waals surface area contributed by atoms with Crippen molar-refractivity contribution in [3.05, 3.63) is 105 Å². The maximum atomic E-state index is 13.8. The van der Waals surface area contributed by atoms with E-state index in [4.69, 9.17) is 4.42 Å². The summed E-state index contributed by atoms with van der Waals surface area (Å²) in [5, 5.41) is 0. The van der Waals surface area contributed by atoms with E-state index in [1.807, 2.05) is 25.2 Å². The van der Waals surface area contributed by atoms with E-state index in [0.717, 1.165) is 44.4 Å². The summed E-state index contributed by atoms with van der Waals surface area (Å²) in [7, 11) is 2.04. The third-order valence-electron chi connectivity index (χ3n) is 7.90. The highest BCUT2D eigenvalue weighted by atomic mass is 19.2. The predicted octanol–water partition coefficient (Wildman–Crippen LogP) is 7.36. The lowest BCUT2D eigenvalue weighted by molar-refractivity contribution is -0.107. The van der Waals surface area contributed by atoms with E-state index in [2.05, 4.69) is 9.88 Å². The third-order valence-corrected chi connectivity index (χ3v) is 7.90. The highest BCUT2D eigenvalue weighted by Crippen LogP contribution is 2.35. The van der Waals surface area contributed by atoms with Crippen LogP contribution in [0.4, 0.5) is 26.3 Å². The van der Waals surface area contributed by atoms with Crippen LogP contribution in [-0.4, -0.2) is 35.8 Å². The normalized spacial score (nSPS) is 16.7. The molecule has 0 aliphatic heterocycles. The molecule has 1 aromatic heterocycles. The number of aromatic amines is 1. The van der Waals surface area contributed by atoms with Crippen molar-refractivity contribution in [1.29, 1.82) is 0 Å². The molecule has 5 rings (SSSR count). The first-order valence-corrected chi connectivity index (χ1v) is 14.1. The van der Waals surface area contributed by atoms with Crippen LogP contribution >= 0.6 is 0 Å². The molecule has 0 amide bonds. The van der Waals surface area contributed by atoms with Crippen LogP contribution in [0.25, 0.3) is 11.1 Å². The van der Waals surface area contributed by atoms with Gasteiger partial charge in [0, 0.05) is 47.9 Å². The smallest absolute Gasteiger partial charge is 0.408 e. The van der Waals surface area contributed by atoms with Gasteiger partial charge in [0.25, 0.3) is 0 Å². The van der Waals surface area contributed by atoms with Gasteiger partial charge in [0.2, 0.25) is 0 Å². The fourth-order valence-corrected chi connectivity index (χ4v) is 5.58. The van der Waals surface area contributed by atoms with Crippen LogP contribution in [-0.2, 0) is 17.6 Å². The molecule has 230 valence electrons. The number of carbonyl (C=O) groups is 1. The fourth-order valence-electron chi connectivity index (χ4n) is 5.58. The molecule has 0 atom stereocenters. The monoisotopic (exact) mass is 606 g/mol. The number of aromatic nitrogens is 1. The molecule has 1 aliphatic rings. The number of H-pyrrole nitrogens is 1. The molecule has 1 fully saturated rings. The Kier molecular flexibility index (Phi) is 10.8. The lowest BCUT2D eigenvalue weighted by Crippen LogP contribution is -2.35. The molecule has 5 nitrogen and oxygen atoms in total. The molecule has 11 heteroatoms. The van der Waals surface area contributed by atoms with Crippen LogP contribution in [0.2, 0.25) is 0 Å². The standard InChI is InChI=1S/C23H25F3N2O2.C9H7F3O/c1-28(10-2-3-18-19(25)12-16(24)13-20(18)26)17-7-4-14(5-8-17)15-6-9-21-22(11-15)30-23(29)27-21;10-6-4-8(11)7(2-1-3-13)9(12)5-6/h6,9,11-14,17H,2-5,7-8,10H2,1H3,(H,27,29);3-5H,1-2H2. The number of hydrogen-bond acceptors (Lipinski definition) is 4. The summed E-state index contributed by atoms with van der Waals surface area (Å²) >= 11 is 0. The Bertz CT molecular complexity index is 1560. The van der Waals surface area contributed by atoms with Crippen LogP contribution < -0.4 is 5.76 Å². The van der Waals surface area contributed by atoms with E-state index in [-0.39, 0.29) is 30.4 Å². The minimum absolute atomic E-state index is 0.0273. The molecular formula is C32H32F6N2O3. The van der Waals surface area contributed by atoms with Crippen molar-refractivity contribution in [2.45, 2.75) is 63.3 Å². The van der Waals surface area contributed by atoms with Crippen molar-refractivity contribution in [2.24, 2.45) is 0 Å². The van der Waals surface area contributed by atoms with E-state index in [1.165, 1.54) is 5.56 Å². The number of benzene rings is 3. The number of aldehydes is 1. The molecule has 1 heterocycles. The lowest BCUT2D eigenvalue weighted by atomic mass is 9.81. The number of carbonyl (C=O) groups excluding carboxylic acids is 1. The lowest BCUT2D eigenvalue weighted by Gasteiger charge is -2.35. The summed E-state index contributed by atoms with van der Waals surface area (Å²) in [6.45, 7) is 0.728. The van der Waals surface area contributed by atoms with Gasteiger partial charge < -0.3 is 14.1 Å². The highest BCUT2D eigenvalue weighted by Gasteiger charge is 2.25. The molecule has 0 bridgehead atoms. The van der Waals surface area contributed by atoms with Gasteiger partial charge in [-0.25, -0.2) is 31.1 Å². The summed E-state index contributed by atoms with van der Waals surface area (Å²) in [5.74, 6) is -5.37. The SMILES string of the molecule is CN(CCCc1c(F)cc(F)cc1F)C1CCC(c2ccc3[nH]c(=O)oc3c2)CC1.O=CCCc1c(F)cc(F)cc1F. The number of nitrogens with one attached hydrogen (secondary N) is 1. The van der Waals surface area contributed by atoms with E-state index >= 15 is 0 Å². The van der Waals surface area contributed by atoms with E-state index in [1.54, 1.807) is 0 Å². The van der Waals surface area contributed by atoms with Gasteiger partial charge in [0.1, 0.15) is 41.2 Å². The van der Waals surface area contributed by atoms with Gasteiger partial charge >= 0.3 is 5.76 Å². The van der Waals surface area contributed by atoms with Crippen LogP contribution in [0.1, 0.15) is 61.1 Å². The molecule has 0 spiro atoms. The average Bonchev–Trinajstić information content (AvgIpc) is 3.33. The summed E-state index contributed by atoms with van der Waals surface area (Å²) in [5.41, 5.74) is 2.21. The molecule has 1 aliphatic carbocycles. The van der Waals surface area contributed by atoms with Crippen LogP contribution in [0.5, 0.6) is 0 Å². The van der Waals surface area contributed by atoms with Gasteiger partial charge in [-0.2, -0.15) is 0 Å². The van der Waals surface area contributed by atoms with Gasteiger partial charge in [0.15, 0.2) is 5.58 Å². The zero-order valence-corrected chi connectivity index (χ0v) is 23.6. The average molecular weight is 607 g/mol. The zero-order chi connectivity index (χ0) is 31.1. The minimum Gasteiger partial charge on any atom is -0.408 e.